The van der Waals surface area contributed by atoms with Gasteiger partial charge in [-0.3, -0.25) is 9.59 Å². The molecule has 1 aliphatic carbocycles. The van der Waals surface area contributed by atoms with E-state index in [1.807, 2.05) is 45.0 Å². The van der Waals surface area contributed by atoms with Crippen molar-refractivity contribution in [3.63, 3.8) is 0 Å². The number of rotatable bonds is 5. The van der Waals surface area contributed by atoms with Crippen LogP contribution in [0, 0.1) is 17.3 Å². The van der Waals surface area contributed by atoms with Crippen LogP contribution in [0.5, 0.6) is 0 Å². The van der Waals surface area contributed by atoms with Crippen LogP contribution < -0.4 is 5.32 Å². The normalized spacial score (nSPS) is 23.1. The first-order chi connectivity index (χ1) is 9.39. The van der Waals surface area contributed by atoms with E-state index in [9.17, 15) is 9.59 Å². The molecule has 4 nitrogen and oxygen atoms in total. The number of thioether (sulfide) groups is 1. The summed E-state index contributed by atoms with van der Waals surface area (Å²) in [6, 6.07) is 7.59. The van der Waals surface area contributed by atoms with Crippen molar-refractivity contribution < 1.29 is 14.7 Å². The highest BCUT2D eigenvalue weighted by Crippen LogP contribution is 2.58. The Kier molecular flexibility index (Phi) is 4.09. The van der Waals surface area contributed by atoms with Gasteiger partial charge in [0.2, 0.25) is 5.91 Å². The Morgan fingerprint density at radius 3 is 2.50 bits per heavy atom. The summed E-state index contributed by atoms with van der Waals surface area (Å²) in [6.45, 7) is 5.69. The molecule has 2 rings (SSSR count). The third kappa shape index (κ3) is 2.68. The Bertz CT molecular complexity index is 542. The molecular weight excluding hydrogens is 274 g/mol. The summed E-state index contributed by atoms with van der Waals surface area (Å²) in [5.41, 5.74) is 0.291. The predicted molar refractivity (Wildman–Crippen MR) is 79.9 cm³/mol. The van der Waals surface area contributed by atoms with Crippen molar-refractivity contribution in [2.24, 2.45) is 17.3 Å². The lowest BCUT2D eigenvalue weighted by Gasteiger charge is -2.10. The zero-order valence-corrected chi connectivity index (χ0v) is 12.7. The Balaban J connectivity index is 2.12. The van der Waals surface area contributed by atoms with Crippen molar-refractivity contribution in [1.29, 1.82) is 0 Å². The number of carboxylic acid groups (broad SMARTS) is 1. The minimum atomic E-state index is -0.897. The summed E-state index contributed by atoms with van der Waals surface area (Å²) in [5, 5.41) is 12.0. The smallest absolute Gasteiger partial charge is 0.307 e. The van der Waals surface area contributed by atoms with Crippen molar-refractivity contribution in [1.82, 2.24) is 0 Å². The molecule has 0 aliphatic heterocycles. The van der Waals surface area contributed by atoms with Crippen LogP contribution in [0.3, 0.4) is 0 Å². The van der Waals surface area contributed by atoms with E-state index in [-0.39, 0.29) is 5.91 Å². The topological polar surface area (TPSA) is 66.4 Å². The van der Waals surface area contributed by atoms with Gasteiger partial charge in [-0.1, -0.05) is 32.9 Å². The first-order valence-electron chi connectivity index (χ1n) is 6.65. The lowest BCUT2D eigenvalue weighted by atomic mass is 10.1. The van der Waals surface area contributed by atoms with Gasteiger partial charge in [-0.2, -0.15) is 0 Å². The number of hydrogen-bond acceptors (Lipinski definition) is 3. The maximum absolute atomic E-state index is 12.3. The molecule has 1 fully saturated rings. The molecule has 20 heavy (non-hydrogen) atoms. The second kappa shape index (κ2) is 5.48. The summed E-state index contributed by atoms with van der Waals surface area (Å²) in [7, 11) is 0. The molecule has 1 amide bonds. The van der Waals surface area contributed by atoms with Gasteiger partial charge in [0.25, 0.3) is 0 Å². The van der Waals surface area contributed by atoms with Gasteiger partial charge in [-0.25, -0.2) is 0 Å². The zero-order valence-electron chi connectivity index (χ0n) is 11.8. The fourth-order valence-electron chi connectivity index (χ4n) is 2.65. The average molecular weight is 293 g/mol. The molecule has 0 heterocycles. The molecule has 1 aromatic rings. The van der Waals surface area contributed by atoms with Crippen LogP contribution in [0.1, 0.15) is 20.8 Å². The number of hydrogen-bond donors (Lipinski definition) is 2. The molecule has 0 aromatic heterocycles. The number of aliphatic carboxylic acids is 1. The average Bonchev–Trinajstić information content (AvgIpc) is 2.95. The number of para-hydroxylation sites is 1. The number of carbonyl (C=O) groups is 2. The summed E-state index contributed by atoms with van der Waals surface area (Å²) in [5.74, 6) is -1.23. The molecular formula is C15H19NO3S. The zero-order chi connectivity index (χ0) is 14.9. The van der Waals surface area contributed by atoms with Crippen LogP contribution in [0.15, 0.2) is 29.2 Å². The minimum absolute atomic E-state index is 0.202. The van der Waals surface area contributed by atoms with Gasteiger partial charge in [0, 0.05) is 4.90 Å². The van der Waals surface area contributed by atoms with Gasteiger partial charge >= 0.3 is 5.97 Å². The molecule has 0 spiro atoms. The van der Waals surface area contributed by atoms with Crippen LogP contribution in [-0.4, -0.2) is 22.7 Å². The largest absolute Gasteiger partial charge is 0.481 e. The highest BCUT2D eigenvalue weighted by Gasteiger charge is 2.65. The summed E-state index contributed by atoms with van der Waals surface area (Å²) in [6.07, 6.45) is 0. The standard InChI is InChI=1S/C15H19NO3S/c1-4-20-10-8-6-5-7-9(10)16-13(17)11-12(14(18)19)15(11,2)3/h5-8,11-12H,4H2,1-3H3,(H,16,17)(H,18,19)/t11-,12+/m1/s1. The first kappa shape index (κ1) is 14.9. The quantitative estimate of drug-likeness (QED) is 0.819. The SMILES string of the molecule is CCSc1ccccc1NC(=O)[C@H]1[C@@H](C(=O)O)C1(C)C. The number of anilines is 1. The highest BCUT2D eigenvalue weighted by molar-refractivity contribution is 7.99. The summed E-state index contributed by atoms with van der Waals surface area (Å²) < 4.78 is 0. The van der Waals surface area contributed by atoms with Crippen molar-refractivity contribution >= 4 is 29.3 Å². The summed E-state index contributed by atoms with van der Waals surface area (Å²) >= 11 is 1.65. The molecule has 0 radical (unpaired) electrons. The third-order valence-electron chi connectivity index (χ3n) is 3.82. The van der Waals surface area contributed by atoms with Crippen LogP contribution in [-0.2, 0) is 9.59 Å². The fourth-order valence-corrected chi connectivity index (χ4v) is 3.41. The first-order valence-corrected chi connectivity index (χ1v) is 7.63. The van der Waals surface area contributed by atoms with Gasteiger partial charge in [0.05, 0.1) is 17.5 Å². The van der Waals surface area contributed by atoms with Gasteiger partial charge in [-0.05, 0) is 23.3 Å². The molecule has 108 valence electrons. The van der Waals surface area contributed by atoms with E-state index in [0.29, 0.717) is 0 Å². The maximum atomic E-state index is 12.3. The molecule has 1 aromatic carbocycles. The number of carboxylic acids is 1. The van der Waals surface area contributed by atoms with Crippen LogP contribution in [0.4, 0.5) is 5.69 Å². The molecule has 1 aliphatic rings. The fraction of sp³-hybridized carbons (Fsp3) is 0.467. The molecule has 0 saturated heterocycles. The van der Waals surface area contributed by atoms with Crippen molar-refractivity contribution in [2.45, 2.75) is 25.7 Å². The van der Waals surface area contributed by atoms with Gasteiger partial charge in [0.1, 0.15) is 0 Å². The Morgan fingerprint density at radius 1 is 1.30 bits per heavy atom. The van der Waals surface area contributed by atoms with Crippen LogP contribution in [0.25, 0.3) is 0 Å². The number of nitrogens with one attached hydrogen (secondary N) is 1. The molecule has 5 heteroatoms. The lowest BCUT2D eigenvalue weighted by molar-refractivity contribution is -0.140. The third-order valence-corrected chi connectivity index (χ3v) is 4.78. The van der Waals surface area contributed by atoms with E-state index in [1.54, 1.807) is 11.8 Å². The van der Waals surface area contributed by atoms with Crippen molar-refractivity contribution in [2.75, 3.05) is 11.1 Å². The second-order valence-corrected chi connectivity index (χ2v) is 6.84. The Labute approximate surface area is 123 Å². The second-order valence-electron chi connectivity index (χ2n) is 5.53. The van der Waals surface area contributed by atoms with E-state index in [4.69, 9.17) is 5.11 Å². The molecule has 2 atom stereocenters. The number of amides is 1. The van der Waals surface area contributed by atoms with Crippen molar-refractivity contribution in [3.05, 3.63) is 24.3 Å². The maximum Gasteiger partial charge on any atom is 0.307 e. The van der Waals surface area contributed by atoms with E-state index in [1.165, 1.54) is 0 Å². The summed E-state index contributed by atoms with van der Waals surface area (Å²) in [4.78, 5) is 24.4. The van der Waals surface area contributed by atoms with Gasteiger partial charge in [-0.15, -0.1) is 11.8 Å². The number of benzene rings is 1. The van der Waals surface area contributed by atoms with E-state index >= 15 is 0 Å². The van der Waals surface area contributed by atoms with Gasteiger partial charge in [0.15, 0.2) is 0 Å². The van der Waals surface area contributed by atoms with E-state index < -0.39 is 23.2 Å². The van der Waals surface area contributed by atoms with Crippen LogP contribution >= 0.6 is 11.8 Å². The predicted octanol–water partition coefficient (Wildman–Crippen LogP) is 3.09. The highest BCUT2D eigenvalue weighted by atomic mass is 32.2. The van der Waals surface area contributed by atoms with Gasteiger partial charge < -0.3 is 10.4 Å². The Hall–Kier alpha value is -1.49. The lowest BCUT2D eigenvalue weighted by Crippen LogP contribution is -2.18. The van der Waals surface area contributed by atoms with E-state index in [2.05, 4.69) is 5.32 Å². The van der Waals surface area contributed by atoms with Crippen LogP contribution in [0.2, 0.25) is 0 Å². The molecule has 0 unspecified atom stereocenters. The van der Waals surface area contributed by atoms with E-state index in [0.717, 1.165) is 16.3 Å². The van der Waals surface area contributed by atoms with Crippen molar-refractivity contribution in [3.8, 4) is 0 Å². The molecule has 0 bridgehead atoms. The molecule has 1 saturated carbocycles. The minimum Gasteiger partial charge on any atom is -0.481 e. The number of carbonyl (C=O) groups excluding carboxylic acids is 1. The Morgan fingerprint density at radius 2 is 1.95 bits per heavy atom. The monoisotopic (exact) mass is 293 g/mol. The molecule has 2 N–H and O–H groups in total.